The van der Waals surface area contributed by atoms with Crippen LogP contribution in [0.4, 0.5) is 11.4 Å². The molecule has 182 valence electrons. The third-order valence-electron chi connectivity index (χ3n) is 7.13. The lowest BCUT2D eigenvalue weighted by Crippen LogP contribution is -1.94. The van der Waals surface area contributed by atoms with Crippen LogP contribution in [0, 0.1) is 5.92 Å². The molecular weight excluding hydrogens is 448 g/mol. The molecule has 1 heterocycles. The summed E-state index contributed by atoms with van der Waals surface area (Å²) in [4.78, 5) is 0. The highest BCUT2D eigenvalue weighted by molar-refractivity contribution is 6.10. The Morgan fingerprint density at radius 1 is 0.595 bits per heavy atom. The van der Waals surface area contributed by atoms with E-state index >= 15 is 0 Å². The van der Waals surface area contributed by atoms with Gasteiger partial charge in [0.15, 0.2) is 0 Å². The number of aromatic nitrogens is 1. The zero-order valence-electron chi connectivity index (χ0n) is 21.5. The predicted molar refractivity (Wildman–Crippen MR) is 159 cm³/mol. The van der Waals surface area contributed by atoms with Gasteiger partial charge in [-0.1, -0.05) is 74.5 Å². The molecule has 0 aliphatic heterocycles. The molecule has 6 rings (SSSR count). The van der Waals surface area contributed by atoms with E-state index in [1.165, 1.54) is 50.6 Å². The van der Waals surface area contributed by atoms with Crippen LogP contribution in [0.5, 0.6) is 0 Å². The minimum atomic E-state index is 0.701. The van der Waals surface area contributed by atoms with E-state index in [1.807, 2.05) is 18.2 Å². The Bertz CT molecular complexity index is 1640. The van der Waals surface area contributed by atoms with E-state index in [4.69, 9.17) is 0 Å². The van der Waals surface area contributed by atoms with Gasteiger partial charge in [-0.2, -0.15) is 0 Å². The van der Waals surface area contributed by atoms with Gasteiger partial charge in [-0.15, -0.1) is 0 Å². The summed E-state index contributed by atoms with van der Waals surface area (Å²) in [5, 5.41) is 6.10. The Hall–Kier alpha value is -4.30. The maximum absolute atomic E-state index is 3.48. The van der Waals surface area contributed by atoms with Crippen molar-refractivity contribution in [2.45, 2.75) is 26.7 Å². The fourth-order valence-electron chi connectivity index (χ4n) is 5.15. The zero-order chi connectivity index (χ0) is 25.2. The summed E-state index contributed by atoms with van der Waals surface area (Å²) in [6.45, 7) is 4.60. The third kappa shape index (κ3) is 4.75. The maximum atomic E-state index is 3.48. The zero-order valence-corrected chi connectivity index (χ0v) is 21.5. The van der Waals surface area contributed by atoms with E-state index < -0.39 is 0 Å². The number of hydrogen-bond donors (Lipinski definition) is 1. The Kier molecular flexibility index (Phi) is 6.24. The molecule has 0 radical (unpaired) electrons. The van der Waals surface area contributed by atoms with Gasteiger partial charge in [0.1, 0.15) is 0 Å². The van der Waals surface area contributed by atoms with Crippen molar-refractivity contribution in [3.8, 4) is 16.8 Å². The van der Waals surface area contributed by atoms with E-state index in [0.29, 0.717) is 5.92 Å². The van der Waals surface area contributed by atoms with Crippen molar-refractivity contribution in [3.05, 3.63) is 127 Å². The molecule has 0 bridgehead atoms. The van der Waals surface area contributed by atoms with E-state index in [-0.39, 0.29) is 0 Å². The molecule has 1 N–H and O–H groups in total. The highest BCUT2D eigenvalue weighted by Gasteiger charge is 2.14. The maximum Gasteiger partial charge on any atom is 0.0541 e. The summed E-state index contributed by atoms with van der Waals surface area (Å²) < 4.78 is 2.40. The van der Waals surface area contributed by atoms with E-state index in [2.05, 4.69) is 127 Å². The van der Waals surface area contributed by atoms with Gasteiger partial charge in [-0.3, -0.25) is 0 Å². The molecule has 0 fully saturated rings. The van der Waals surface area contributed by atoms with Gasteiger partial charge in [0.25, 0.3) is 0 Å². The molecule has 0 spiro atoms. The molecular formula is C35H32N2. The van der Waals surface area contributed by atoms with Crippen molar-refractivity contribution in [2.75, 3.05) is 5.32 Å². The van der Waals surface area contributed by atoms with Crippen LogP contribution < -0.4 is 5.32 Å². The number of benzene rings is 5. The van der Waals surface area contributed by atoms with Gasteiger partial charge in [0.05, 0.1) is 11.0 Å². The van der Waals surface area contributed by atoms with Crippen LogP contribution >= 0.6 is 0 Å². The van der Waals surface area contributed by atoms with Gasteiger partial charge in [-0.05, 0) is 96.1 Å². The first-order valence-corrected chi connectivity index (χ1v) is 13.2. The molecule has 0 aliphatic carbocycles. The Morgan fingerprint density at radius 2 is 1.19 bits per heavy atom. The van der Waals surface area contributed by atoms with Crippen LogP contribution in [0.2, 0.25) is 0 Å². The Balaban J connectivity index is 1.43. The molecule has 0 amide bonds. The Morgan fingerprint density at radius 3 is 1.89 bits per heavy atom. The first-order valence-electron chi connectivity index (χ1n) is 13.2. The smallest absolute Gasteiger partial charge is 0.0541 e. The minimum Gasteiger partial charge on any atom is -0.356 e. The van der Waals surface area contributed by atoms with Crippen LogP contribution in [0.3, 0.4) is 0 Å². The molecule has 5 aromatic carbocycles. The van der Waals surface area contributed by atoms with Crippen molar-refractivity contribution in [1.82, 2.24) is 4.57 Å². The second-order valence-corrected chi connectivity index (χ2v) is 10.3. The van der Waals surface area contributed by atoms with Crippen LogP contribution in [0.15, 0.2) is 121 Å². The van der Waals surface area contributed by atoms with Gasteiger partial charge in [0.2, 0.25) is 0 Å². The summed E-state index contributed by atoms with van der Waals surface area (Å²) >= 11 is 0. The molecule has 0 saturated heterocycles. The lowest BCUT2D eigenvalue weighted by molar-refractivity contribution is 0.587. The molecule has 0 saturated carbocycles. The van der Waals surface area contributed by atoms with Crippen molar-refractivity contribution in [1.29, 1.82) is 0 Å². The molecule has 37 heavy (non-hydrogen) atoms. The first-order chi connectivity index (χ1) is 18.2. The van der Waals surface area contributed by atoms with Crippen molar-refractivity contribution >= 4 is 33.2 Å². The number of anilines is 2. The fraction of sp³-hybridized carbons (Fsp3) is 0.143. The topological polar surface area (TPSA) is 17.0 Å². The number of hydrogen-bond acceptors (Lipinski definition) is 1. The highest BCUT2D eigenvalue weighted by Crippen LogP contribution is 2.36. The quantitative estimate of drug-likeness (QED) is 0.241. The molecule has 2 heteroatoms. The average molecular weight is 481 g/mol. The predicted octanol–water partition coefficient (Wildman–Crippen LogP) is 9.78. The van der Waals surface area contributed by atoms with Gasteiger partial charge >= 0.3 is 0 Å². The van der Waals surface area contributed by atoms with E-state index in [1.54, 1.807) is 0 Å². The van der Waals surface area contributed by atoms with Gasteiger partial charge < -0.3 is 9.88 Å². The molecule has 0 atom stereocenters. The number of rotatable bonds is 7. The first kappa shape index (κ1) is 23.1. The van der Waals surface area contributed by atoms with Crippen LogP contribution in [-0.4, -0.2) is 4.57 Å². The number of fused-ring (bicyclic) bond motifs is 3. The van der Waals surface area contributed by atoms with Crippen LogP contribution in [0.1, 0.15) is 25.8 Å². The standard InChI is InChI=1S/C35H32N2/c1-25(2)13-14-26-15-21-34-32(23-26)33-24-28(18-22-35(33)37(34)31-11-7-4-8-12-31)27-16-19-30(20-17-27)36-29-9-5-3-6-10-29/h3-12,15-25,36H,13-14H2,1-2H3. The molecule has 0 unspecified atom stereocenters. The lowest BCUT2D eigenvalue weighted by Gasteiger charge is -2.09. The summed E-state index contributed by atoms with van der Waals surface area (Å²) in [5.74, 6) is 0.701. The number of aryl methyl sites for hydroxylation is 1. The Labute approximate surface area is 219 Å². The van der Waals surface area contributed by atoms with Crippen LogP contribution in [-0.2, 0) is 6.42 Å². The van der Waals surface area contributed by atoms with Gasteiger partial charge in [0, 0.05) is 27.8 Å². The highest BCUT2D eigenvalue weighted by atomic mass is 15.0. The average Bonchev–Trinajstić information content (AvgIpc) is 3.26. The largest absolute Gasteiger partial charge is 0.356 e. The summed E-state index contributed by atoms with van der Waals surface area (Å²) in [5.41, 5.74) is 9.75. The number of nitrogens with zero attached hydrogens (tertiary/aromatic N) is 1. The summed E-state index contributed by atoms with van der Waals surface area (Å²) in [6, 6.07) is 43.6. The lowest BCUT2D eigenvalue weighted by atomic mass is 9.99. The van der Waals surface area contributed by atoms with Crippen molar-refractivity contribution < 1.29 is 0 Å². The molecule has 2 nitrogen and oxygen atoms in total. The summed E-state index contributed by atoms with van der Waals surface area (Å²) in [6.07, 6.45) is 2.32. The fourth-order valence-corrected chi connectivity index (χ4v) is 5.15. The molecule has 1 aromatic heterocycles. The second-order valence-electron chi connectivity index (χ2n) is 10.3. The van der Waals surface area contributed by atoms with Crippen molar-refractivity contribution in [2.24, 2.45) is 5.92 Å². The monoisotopic (exact) mass is 480 g/mol. The number of nitrogens with one attached hydrogen (secondary N) is 1. The second kappa shape index (κ2) is 9.99. The molecule has 0 aliphatic rings. The van der Waals surface area contributed by atoms with E-state index in [0.717, 1.165) is 17.8 Å². The molecule has 6 aromatic rings. The van der Waals surface area contributed by atoms with Gasteiger partial charge in [-0.25, -0.2) is 0 Å². The summed E-state index contributed by atoms with van der Waals surface area (Å²) in [7, 11) is 0. The normalized spacial score (nSPS) is 11.4. The van der Waals surface area contributed by atoms with Crippen LogP contribution in [0.25, 0.3) is 38.6 Å². The minimum absolute atomic E-state index is 0.701. The SMILES string of the molecule is CC(C)CCc1ccc2c(c1)c1cc(-c3ccc(Nc4ccccc4)cc3)ccc1n2-c1ccccc1. The van der Waals surface area contributed by atoms with E-state index in [9.17, 15) is 0 Å². The van der Waals surface area contributed by atoms with Crippen molar-refractivity contribution in [3.63, 3.8) is 0 Å². The number of para-hydroxylation sites is 2. The third-order valence-corrected chi connectivity index (χ3v) is 7.13.